The third-order valence-corrected chi connectivity index (χ3v) is 6.94. The molecular formula is C32H37N3O5. The number of carbonyl (C=O) groups is 2. The smallest absolute Gasteiger partial charge is 0.242 e. The molecule has 0 aliphatic heterocycles. The molecule has 0 bridgehead atoms. The second-order valence-corrected chi connectivity index (χ2v) is 9.58. The number of rotatable bonds is 14. The third-order valence-electron chi connectivity index (χ3n) is 6.94. The van der Waals surface area contributed by atoms with Crippen LogP contribution < -0.4 is 9.47 Å². The van der Waals surface area contributed by atoms with Gasteiger partial charge in [-0.15, -0.1) is 0 Å². The van der Waals surface area contributed by atoms with Crippen LogP contribution in [0.5, 0.6) is 11.5 Å². The molecule has 0 unspecified atom stereocenters. The maximum Gasteiger partial charge on any atom is 0.242 e. The number of H-pyrrole nitrogens is 1. The van der Waals surface area contributed by atoms with Crippen LogP contribution in [0.1, 0.15) is 16.7 Å². The van der Waals surface area contributed by atoms with E-state index in [2.05, 4.69) is 11.1 Å². The van der Waals surface area contributed by atoms with E-state index in [1.165, 1.54) is 0 Å². The van der Waals surface area contributed by atoms with Crippen LogP contribution in [0, 0.1) is 0 Å². The first-order valence-electron chi connectivity index (χ1n) is 13.4. The molecule has 8 nitrogen and oxygen atoms in total. The van der Waals surface area contributed by atoms with E-state index in [1.54, 1.807) is 31.1 Å². The maximum absolute atomic E-state index is 13.8. The van der Waals surface area contributed by atoms with Crippen LogP contribution in [0.25, 0.3) is 10.9 Å². The normalized spacial score (nSPS) is 10.9. The molecule has 210 valence electrons. The summed E-state index contributed by atoms with van der Waals surface area (Å²) in [7, 11) is 4.77. The zero-order valence-electron chi connectivity index (χ0n) is 23.4. The molecule has 0 saturated heterocycles. The number of hydrogen-bond donors (Lipinski definition) is 1. The minimum Gasteiger partial charge on any atom is -0.493 e. The lowest BCUT2D eigenvalue weighted by atomic mass is 10.1. The molecule has 4 aromatic rings. The van der Waals surface area contributed by atoms with Crippen molar-refractivity contribution < 1.29 is 23.8 Å². The lowest BCUT2D eigenvalue weighted by Crippen LogP contribution is -2.45. The Morgan fingerprint density at radius 3 is 2.27 bits per heavy atom. The van der Waals surface area contributed by atoms with E-state index in [-0.39, 0.29) is 24.8 Å². The van der Waals surface area contributed by atoms with Crippen molar-refractivity contribution in [3.05, 3.63) is 95.7 Å². The van der Waals surface area contributed by atoms with Gasteiger partial charge in [0, 0.05) is 43.8 Å². The Labute approximate surface area is 235 Å². The van der Waals surface area contributed by atoms with Crippen LogP contribution in [0.15, 0.2) is 79.0 Å². The zero-order chi connectivity index (χ0) is 28.3. The van der Waals surface area contributed by atoms with E-state index in [0.29, 0.717) is 44.2 Å². The summed E-state index contributed by atoms with van der Waals surface area (Å²) in [5.41, 5.74) is 4.01. The van der Waals surface area contributed by atoms with Crippen molar-refractivity contribution in [3.63, 3.8) is 0 Å². The third kappa shape index (κ3) is 7.42. The number of ether oxygens (including phenoxy) is 3. The van der Waals surface area contributed by atoms with Gasteiger partial charge in [-0.3, -0.25) is 9.59 Å². The summed E-state index contributed by atoms with van der Waals surface area (Å²) in [5.74, 6) is 0.982. The Kier molecular flexibility index (Phi) is 10.2. The predicted molar refractivity (Wildman–Crippen MR) is 156 cm³/mol. The summed E-state index contributed by atoms with van der Waals surface area (Å²) >= 11 is 0. The van der Waals surface area contributed by atoms with Gasteiger partial charge in [0.15, 0.2) is 11.5 Å². The second kappa shape index (κ2) is 14.2. The summed E-state index contributed by atoms with van der Waals surface area (Å²) in [6, 6.07) is 23.3. The highest BCUT2D eigenvalue weighted by atomic mass is 16.5. The fraction of sp³-hybridized carbons (Fsp3) is 0.312. The van der Waals surface area contributed by atoms with Crippen molar-refractivity contribution >= 4 is 22.7 Å². The molecule has 4 rings (SSSR count). The van der Waals surface area contributed by atoms with Gasteiger partial charge in [0.25, 0.3) is 0 Å². The minimum absolute atomic E-state index is 0.0315. The fourth-order valence-corrected chi connectivity index (χ4v) is 4.72. The average molecular weight is 544 g/mol. The van der Waals surface area contributed by atoms with Gasteiger partial charge in [-0.1, -0.05) is 54.6 Å². The number of benzene rings is 3. The number of nitrogens with one attached hydrogen (secondary N) is 1. The van der Waals surface area contributed by atoms with E-state index in [9.17, 15) is 9.59 Å². The van der Waals surface area contributed by atoms with Gasteiger partial charge in [0.2, 0.25) is 11.8 Å². The monoisotopic (exact) mass is 543 g/mol. The van der Waals surface area contributed by atoms with Crippen LogP contribution in [0.4, 0.5) is 0 Å². The number of aromatic amines is 1. The summed E-state index contributed by atoms with van der Waals surface area (Å²) in [6.07, 6.45) is 2.89. The molecule has 2 amide bonds. The number of para-hydroxylation sites is 1. The summed E-state index contributed by atoms with van der Waals surface area (Å²) < 4.78 is 16.1. The number of carbonyl (C=O) groups excluding carboxylic acids is 2. The summed E-state index contributed by atoms with van der Waals surface area (Å²) in [6.45, 7) is 1.50. The fourth-order valence-electron chi connectivity index (χ4n) is 4.72. The van der Waals surface area contributed by atoms with Crippen molar-refractivity contribution in [2.24, 2.45) is 0 Å². The number of amides is 2. The summed E-state index contributed by atoms with van der Waals surface area (Å²) in [5, 5.41) is 1.14. The molecule has 0 radical (unpaired) electrons. The zero-order valence-corrected chi connectivity index (χ0v) is 23.4. The molecule has 40 heavy (non-hydrogen) atoms. The number of nitrogens with zero attached hydrogens (tertiary/aromatic N) is 2. The van der Waals surface area contributed by atoms with Gasteiger partial charge in [-0.25, -0.2) is 0 Å². The minimum atomic E-state index is -0.132. The number of fused-ring (bicyclic) bond motifs is 1. The van der Waals surface area contributed by atoms with E-state index in [1.807, 2.05) is 72.9 Å². The molecule has 0 aliphatic rings. The van der Waals surface area contributed by atoms with E-state index in [0.717, 1.165) is 27.6 Å². The highest BCUT2D eigenvalue weighted by molar-refractivity contribution is 5.86. The molecule has 0 spiro atoms. The van der Waals surface area contributed by atoms with Crippen LogP contribution in [-0.2, 0) is 33.7 Å². The Hall–Kier alpha value is -4.30. The summed E-state index contributed by atoms with van der Waals surface area (Å²) in [4.78, 5) is 33.8. The van der Waals surface area contributed by atoms with Crippen LogP contribution in [0.2, 0.25) is 0 Å². The Morgan fingerprint density at radius 1 is 0.775 bits per heavy atom. The van der Waals surface area contributed by atoms with E-state index >= 15 is 0 Å². The van der Waals surface area contributed by atoms with Gasteiger partial charge in [-0.05, 0) is 41.3 Å². The van der Waals surface area contributed by atoms with Crippen molar-refractivity contribution in [2.45, 2.75) is 19.4 Å². The molecule has 1 heterocycles. The van der Waals surface area contributed by atoms with Gasteiger partial charge in [-0.2, -0.15) is 0 Å². The first-order valence-corrected chi connectivity index (χ1v) is 13.4. The van der Waals surface area contributed by atoms with Crippen LogP contribution in [-0.4, -0.2) is 74.2 Å². The second-order valence-electron chi connectivity index (χ2n) is 9.58. The number of aromatic nitrogens is 1. The molecule has 0 aliphatic carbocycles. The molecule has 8 heteroatoms. The van der Waals surface area contributed by atoms with Crippen molar-refractivity contribution in [2.75, 3.05) is 47.6 Å². The standard InChI is InChI=1S/C32H37N3O5/c1-38-18-17-35(31(36)20-24-9-5-4-6-10-24)23-32(37)34(22-25-13-14-29(39-2)30(19-25)40-3)16-15-26-21-33-28-12-8-7-11-27(26)28/h4-14,19,21,33H,15-18,20,22-23H2,1-3H3. The van der Waals surface area contributed by atoms with Crippen molar-refractivity contribution in [1.82, 2.24) is 14.8 Å². The number of hydrogen-bond acceptors (Lipinski definition) is 5. The molecule has 3 aromatic carbocycles. The van der Waals surface area contributed by atoms with Gasteiger partial charge >= 0.3 is 0 Å². The molecule has 1 aromatic heterocycles. The highest BCUT2D eigenvalue weighted by Crippen LogP contribution is 2.28. The first kappa shape index (κ1) is 28.7. The topological polar surface area (TPSA) is 84.1 Å². The largest absolute Gasteiger partial charge is 0.493 e. The van der Waals surface area contributed by atoms with Crippen molar-refractivity contribution in [1.29, 1.82) is 0 Å². The van der Waals surface area contributed by atoms with E-state index < -0.39 is 0 Å². The molecular weight excluding hydrogens is 506 g/mol. The SMILES string of the molecule is COCCN(CC(=O)N(CCc1c[nH]c2ccccc12)Cc1ccc(OC)c(OC)c1)C(=O)Cc1ccccc1. The molecule has 0 saturated carbocycles. The quantitative estimate of drug-likeness (QED) is 0.254. The van der Waals surface area contributed by atoms with E-state index in [4.69, 9.17) is 14.2 Å². The van der Waals surface area contributed by atoms with Gasteiger partial charge in [0.05, 0.1) is 33.8 Å². The maximum atomic E-state index is 13.8. The molecule has 0 fully saturated rings. The lowest BCUT2D eigenvalue weighted by Gasteiger charge is -2.28. The van der Waals surface area contributed by atoms with Crippen molar-refractivity contribution in [3.8, 4) is 11.5 Å². The average Bonchev–Trinajstić information content (AvgIpc) is 3.40. The van der Waals surface area contributed by atoms with Gasteiger partial charge in [0.1, 0.15) is 0 Å². The van der Waals surface area contributed by atoms with Gasteiger partial charge < -0.3 is 29.0 Å². The predicted octanol–water partition coefficient (Wildman–Crippen LogP) is 4.47. The molecule has 0 atom stereocenters. The Balaban J connectivity index is 1.54. The Bertz CT molecular complexity index is 1400. The Morgan fingerprint density at radius 2 is 1.52 bits per heavy atom. The van der Waals surface area contributed by atoms with Crippen LogP contribution in [0.3, 0.4) is 0 Å². The first-order chi connectivity index (χ1) is 19.5. The number of methoxy groups -OCH3 is 3. The lowest BCUT2D eigenvalue weighted by molar-refractivity contribution is -0.141. The molecule has 1 N–H and O–H groups in total. The highest BCUT2D eigenvalue weighted by Gasteiger charge is 2.22. The van der Waals surface area contributed by atoms with Crippen LogP contribution >= 0.6 is 0 Å².